The van der Waals surface area contributed by atoms with Crippen LogP contribution in [0, 0.1) is 0 Å². The molecule has 3 rings (SSSR count). The van der Waals surface area contributed by atoms with E-state index < -0.39 is 33.6 Å². The predicted molar refractivity (Wildman–Crippen MR) is 99.5 cm³/mol. The fourth-order valence-electron chi connectivity index (χ4n) is 3.05. The Kier molecular flexibility index (Phi) is 5.52. The highest BCUT2D eigenvalue weighted by atomic mass is 32.2. The van der Waals surface area contributed by atoms with Crippen LogP contribution in [0.1, 0.15) is 30.6 Å². The van der Waals surface area contributed by atoms with E-state index in [-0.39, 0.29) is 34.4 Å². The molecule has 1 fully saturated rings. The number of sulfonamides is 1. The van der Waals surface area contributed by atoms with Crippen LogP contribution < -0.4 is 5.56 Å². The van der Waals surface area contributed by atoms with E-state index >= 15 is 0 Å². The monoisotopic (exact) mass is 408 g/mol. The first-order chi connectivity index (χ1) is 13.3. The van der Waals surface area contributed by atoms with E-state index in [1.165, 1.54) is 22.5 Å². The second kappa shape index (κ2) is 7.72. The second-order valence-corrected chi connectivity index (χ2v) is 8.13. The zero-order valence-corrected chi connectivity index (χ0v) is 16.2. The molecule has 1 aromatic carbocycles. The Morgan fingerprint density at radius 3 is 2.57 bits per heavy atom. The van der Waals surface area contributed by atoms with Gasteiger partial charge in [0.15, 0.2) is 0 Å². The van der Waals surface area contributed by atoms with Crippen LogP contribution in [0.3, 0.4) is 0 Å². The van der Waals surface area contributed by atoms with Crippen LogP contribution in [0.4, 0.5) is 0 Å². The molecule has 0 aliphatic carbocycles. The Bertz CT molecular complexity index is 1090. The van der Waals surface area contributed by atoms with Crippen molar-refractivity contribution in [3.8, 4) is 0 Å². The maximum Gasteiger partial charge on any atom is 0.347 e. The fraction of sp³-hybridized carbons (Fsp3) is 0.389. The number of carbonyl (C=O) groups is 2. The van der Waals surface area contributed by atoms with Gasteiger partial charge in [-0.2, -0.15) is 4.31 Å². The third kappa shape index (κ3) is 3.65. The van der Waals surface area contributed by atoms with Gasteiger partial charge in [0.2, 0.25) is 21.7 Å². The highest BCUT2D eigenvalue weighted by molar-refractivity contribution is 7.89. The Labute approximate surface area is 161 Å². The van der Waals surface area contributed by atoms with Crippen LogP contribution in [-0.2, 0) is 24.3 Å². The molecular formula is C18H20N2O7S. The smallest absolute Gasteiger partial charge is 0.347 e. The molecule has 150 valence electrons. The highest BCUT2D eigenvalue weighted by Crippen LogP contribution is 2.24. The molecular weight excluding hydrogens is 388 g/mol. The number of cyclic esters (lactones) is 1. The first-order valence-electron chi connectivity index (χ1n) is 8.82. The van der Waals surface area contributed by atoms with Crippen molar-refractivity contribution in [2.75, 3.05) is 19.7 Å². The minimum atomic E-state index is -3.76. The summed E-state index contributed by atoms with van der Waals surface area (Å²) in [6.07, 6.45) is -0.808. The van der Waals surface area contributed by atoms with Gasteiger partial charge >= 0.3 is 11.9 Å². The normalized spacial score (nSPS) is 17.1. The molecule has 1 aliphatic rings. The minimum Gasteiger partial charge on any atom is -0.463 e. The van der Waals surface area contributed by atoms with Gasteiger partial charge in [0.05, 0.1) is 17.1 Å². The average Bonchev–Trinajstić information content (AvgIpc) is 3.05. The topological polar surface area (TPSA) is 123 Å². The first kappa shape index (κ1) is 20.0. The number of pyridine rings is 1. The molecule has 2 heterocycles. The lowest BCUT2D eigenvalue weighted by Gasteiger charge is -2.19. The van der Waals surface area contributed by atoms with Crippen LogP contribution in [0.25, 0.3) is 10.9 Å². The van der Waals surface area contributed by atoms with Crippen molar-refractivity contribution in [2.24, 2.45) is 0 Å². The van der Waals surface area contributed by atoms with Crippen LogP contribution in [0.2, 0.25) is 0 Å². The van der Waals surface area contributed by atoms with E-state index in [4.69, 9.17) is 9.47 Å². The molecule has 1 saturated heterocycles. The van der Waals surface area contributed by atoms with Gasteiger partial charge in [-0.05, 0) is 18.2 Å². The number of hydrogen-bond acceptors (Lipinski definition) is 7. The number of benzene rings is 1. The molecule has 28 heavy (non-hydrogen) atoms. The molecule has 2 aromatic rings. The number of esters is 2. The standard InChI is InChI=1S/C18H20N2O7S/c1-3-20(4-2)28(24,25)11-5-6-14-12(9-11)13(10-16(21)19-14)17(22)27-15-7-8-26-18(15)23/h5-6,9-10,15H,3-4,7-8H2,1-2H3,(H,19,21)/t15-/m1/s1. The van der Waals surface area contributed by atoms with Gasteiger partial charge in [-0.15, -0.1) is 0 Å². The molecule has 0 bridgehead atoms. The summed E-state index contributed by atoms with van der Waals surface area (Å²) in [6.45, 7) is 4.19. The molecule has 0 radical (unpaired) electrons. The molecule has 0 spiro atoms. The molecule has 0 amide bonds. The molecule has 9 nitrogen and oxygen atoms in total. The van der Waals surface area contributed by atoms with Crippen LogP contribution in [0.5, 0.6) is 0 Å². The molecule has 1 aliphatic heterocycles. The molecule has 1 atom stereocenters. The zero-order valence-electron chi connectivity index (χ0n) is 15.4. The lowest BCUT2D eigenvalue weighted by molar-refractivity contribution is -0.145. The van der Waals surface area contributed by atoms with E-state index in [0.29, 0.717) is 13.1 Å². The van der Waals surface area contributed by atoms with Gasteiger partial charge in [-0.3, -0.25) is 4.79 Å². The third-order valence-electron chi connectivity index (χ3n) is 4.51. The lowest BCUT2D eigenvalue weighted by Crippen LogP contribution is -2.30. The van der Waals surface area contributed by atoms with E-state index in [1.54, 1.807) is 13.8 Å². The van der Waals surface area contributed by atoms with Gasteiger partial charge in [-0.25, -0.2) is 18.0 Å². The van der Waals surface area contributed by atoms with Crippen molar-refractivity contribution in [2.45, 2.75) is 31.3 Å². The number of aromatic amines is 1. The van der Waals surface area contributed by atoms with Crippen LogP contribution in [0.15, 0.2) is 34.0 Å². The zero-order chi connectivity index (χ0) is 20.5. The number of carbonyl (C=O) groups excluding carboxylic acids is 2. The summed E-state index contributed by atoms with van der Waals surface area (Å²) in [5.41, 5.74) is -0.380. The number of ether oxygens (including phenoxy) is 2. The number of rotatable bonds is 6. The largest absolute Gasteiger partial charge is 0.463 e. The number of H-pyrrole nitrogens is 1. The van der Waals surface area contributed by atoms with E-state index in [9.17, 15) is 22.8 Å². The lowest BCUT2D eigenvalue weighted by atomic mass is 10.1. The van der Waals surface area contributed by atoms with Crippen molar-refractivity contribution in [1.82, 2.24) is 9.29 Å². The maximum absolute atomic E-state index is 12.8. The molecule has 0 saturated carbocycles. The van der Waals surface area contributed by atoms with Crippen molar-refractivity contribution in [3.63, 3.8) is 0 Å². The number of nitrogens with zero attached hydrogens (tertiary/aromatic N) is 1. The van der Waals surface area contributed by atoms with Crippen LogP contribution >= 0.6 is 0 Å². The Balaban J connectivity index is 2.08. The average molecular weight is 408 g/mol. The van der Waals surface area contributed by atoms with Gasteiger partial charge in [-0.1, -0.05) is 13.8 Å². The SMILES string of the molecule is CCN(CC)S(=O)(=O)c1ccc2[nH]c(=O)cc(C(=O)O[C@@H]3CCOC3=O)c2c1. The number of fused-ring (bicyclic) bond motifs is 1. The Morgan fingerprint density at radius 1 is 1.25 bits per heavy atom. The summed E-state index contributed by atoms with van der Waals surface area (Å²) in [5.74, 6) is -1.54. The van der Waals surface area contributed by atoms with Gasteiger partial charge < -0.3 is 14.5 Å². The highest BCUT2D eigenvalue weighted by Gasteiger charge is 2.31. The molecule has 1 aromatic heterocycles. The van der Waals surface area contributed by atoms with Crippen molar-refractivity contribution < 1.29 is 27.5 Å². The summed E-state index contributed by atoms with van der Waals surface area (Å²) in [6, 6.07) is 5.14. The minimum absolute atomic E-state index is 0.00919. The molecule has 1 N–H and O–H groups in total. The molecule has 0 unspecified atom stereocenters. The fourth-order valence-corrected chi connectivity index (χ4v) is 4.54. The number of hydrogen-bond donors (Lipinski definition) is 1. The van der Waals surface area contributed by atoms with E-state index in [2.05, 4.69) is 4.98 Å². The quantitative estimate of drug-likeness (QED) is 0.708. The third-order valence-corrected chi connectivity index (χ3v) is 6.56. The van der Waals surface area contributed by atoms with E-state index in [1.807, 2.05) is 0 Å². The maximum atomic E-state index is 12.8. The Morgan fingerprint density at radius 2 is 1.96 bits per heavy atom. The number of nitrogens with one attached hydrogen (secondary N) is 1. The Hall–Kier alpha value is -2.72. The number of aromatic nitrogens is 1. The summed E-state index contributed by atoms with van der Waals surface area (Å²) in [5, 5.41) is 0.212. The second-order valence-electron chi connectivity index (χ2n) is 6.19. The van der Waals surface area contributed by atoms with Crippen molar-refractivity contribution in [3.05, 3.63) is 40.2 Å². The van der Waals surface area contributed by atoms with Crippen LogP contribution in [-0.4, -0.2) is 55.4 Å². The van der Waals surface area contributed by atoms with Crippen molar-refractivity contribution >= 4 is 32.9 Å². The molecule has 10 heteroatoms. The summed E-state index contributed by atoms with van der Waals surface area (Å²) in [7, 11) is -3.76. The van der Waals surface area contributed by atoms with Gasteiger partial charge in [0.1, 0.15) is 0 Å². The first-order valence-corrected chi connectivity index (χ1v) is 10.3. The van der Waals surface area contributed by atoms with E-state index in [0.717, 1.165) is 6.07 Å². The summed E-state index contributed by atoms with van der Waals surface area (Å²) in [4.78, 5) is 38.6. The summed E-state index contributed by atoms with van der Waals surface area (Å²) >= 11 is 0. The van der Waals surface area contributed by atoms with Gasteiger partial charge in [0, 0.05) is 36.5 Å². The van der Waals surface area contributed by atoms with Gasteiger partial charge in [0.25, 0.3) is 0 Å². The predicted octanol–water partition coefficient (Wildman–Crippen LogP) is 1.03. The summed E-state index contributed by atoms with van der Waals surface area (Å²) < 4.78 is 36.8. The van der Waals surface area contributed by atoms with Crippen molar-refractivity contribution in [1.29, 1.82) is 0 Å².